The Morgan fingerprint density at radius 3 is 2.64 bits per heavy atom. The monoisotopic (exact) mass is 310 g/mol. The molecule has 0 atom stereocenters. The van der Waals surface area contributed by atoms with Crippen LogP contribution < -0.4 is 15.8 Å². The maximum Gasteiger partial charge on any atom is 0.303 e. The number of carboxylic acids is 1. The Kier molecular flexibility index (Phi) is 8.44. The molecule has 1 aromatic carbocycles. The zero-order chi connectivity index (χ0) is 16.2. The van der Waals surface area contributed by atoms with Crippen molar-refractivity contribution in [2.75, 3.05) is 32.1 Å². The quantitative estimate of drug-likeness (QED) is 0.416. The minimum Gasteiger partial charge on any atom is -0.489 e. The Bertz CT molecular complexity index is 479. The minimum absolute atomic E-state index is 0.00251. The smallest absolute Gasteiger partial charge is 0.303 e. The summed E-state index contributed by atoms with van der Waals surface area (Å²) in [6.45, 7) is 1.79. The summed E-state index contributed by atoms with van der Waals surface area (Å²) in [6.07, 6.45) is 0.511. The SMILES string of the molecule is Nc1ccccc1OCCOCCCNC(=O)CCC(=O)O. The number of carbonyl (C=O) groups is 2. The summed E-state index contributed by atoms with van der Waals surface area (Å²) in [7, 11) is 0. The second-order valence-electron chi connectivity index (χ2n) is 4.60. The van der Waals surface area contributed by atoms with E-state index in [1.807, 2.05) is 12.1 Å². The Morgan fingerprint density at radius 2 is 1.91 bits per heavy atom. The van der Waals surface area contributed by atoms with E-state index in [-0.39, 0.29) is 18.7 Å². The van der Waals surface area contributed by atoms with E-state index in [2.05, 4.69) is 5.32 Å². The number of benzene rings is 1. The average Bonchev–Trinajstić information content (AvgIpc) is 2.49. The molecule has 7 nitrogen and oxygen atoms in total. The van der Waals surface area contributed by atoms with Crippen molar-refractivity contribution in [3.63, 3.8) is 0 Å². The van der Waals surface area contributed by atoms with Crippen LogP contribution in [0.5, 0.6) is 5.75 Å². The number of hydrogen-bond acceptors (Lipinski definition) is 5. The Hall–Kier alpha value is -2.28. The lowest BCUT2D eigenvalue weighted by Crippen LogP contribution is -2.25. The molecule has 0 fully saturated rings. The highest BCUT2D eigenvalue weighted by Crippen LogP contribution is 2.19. The number of hydrogen-bond donors (Lipinski definition) is 3. The summed E-state index contributed by atoms with van der Waals surface area (Å²) in [6, 6.07) is 7.24. The van der Waals surface area contributed by atoms with Crippen LogP contribution in [0.1, 0.15) is 19.3 Å². The summed E-state index contributed by atoms with van der Waals surface area (Å²) < 4.78 is 10.8. The highest BCUT2D eigenvalue weighted by molar-refractivity contribution is 5.80. The standard InChI is InChI=1S/C15H22N2O5/c16-12-4-1-2-5-13(12)22-11-10-21-9-3-8-17-14(18)6-7-15(19)20/h1-2,4-5H,3,6-11,16H2,(H,17,18)(H,19,20). The fourth-order valence-electron chi connectivity index (χ4n) is 1.64. The molecule has 0 bridgehead atoms. The number of rotatable bonds is 11. The van der Waals surface area contributed by atoms with E-state index >= 15 is 0 Å². The number of nitrogens with two attached hydrogens (primary N) is 1. The van der Waals surface area contributed by atoms with Gasteiger partial charge in [0.15, 0.2) is 0 Å². The molecule has 1 amide bonds. The van der Waals surface area contributed by atoms with Gasteiger partial charge in [-0.3, -0.25) is 9.59 Å². The molecule has 122 valence electrons. The first-order chi connectivity index (χ1) is 10.6. The van der Waals surface area contributed by atoms with Crippen molar-refractivity contribution in [2.24, 2.45) is 0 Å². The molecule has 0 unspecified atom stereocenters. The van der Waals surface area contributed by atoms with Gasteiger partial charge in [-0.1, -0.05) is 12.1 Å². The molecular formula is C15H22N2O5. The molecule has 1 rings (SSSR count). The van der Waals surface area contributed by atoms with Gasteiger partial charge in [0.25, 0.3) is 0 Å². The maximum absolute atomic E-state index is 11.2. The molecule has 1 aromatic rings. The normalized spacial score (nSPS) is 10.2. The zero-order valence-electron chi connectivity index (χ0n) is 12.4. The van der Waals surface area contributed by atoms with Crippen LogP contribution in [0.2, 0.25) is 0 Å². The lowest BCUT2D eigenvalue weighted by Gasteiger charge is -2.09. The van der Waals surface area contributed by atoms with Crippen molar-refractivity contribution in [3.05, 3.63) is 24.3 Å². The first-order valence-electron chi connectivity index (χ1n) is 7.13. The van der Waals surface area contributed by atoms with E-state index in [1.54, 1.807) is 12.1 Å². The van der Waals surface area contributed by atoms with E-state index in [1.165, 1.54) is 0 Å². The largest absolute Gasteiger partial charge is 0.489 e. The van der Waals surface area contributed by atoms with E-state index in [0.717, 1.165) is 0 Å². The highest BCUT2D eigenvalue weighted by atomic mass is 16.5. The Morgan fingerprint density at radius 1 is 1.14 bits per heavy atom. The molecular weight excluding hydrogens is 288 g/mol. The third kappa shape index (κ3) is 8.11. The molecule has 22 heavy (non-hydrogen) atoms. The van der Waals surface area contributed by atoms with Gasteiger partial charge < -0.3 is 25.6 Å². The van der Waals surface area contributed by atoms with Gasteiger partial charge >= 0.3 is 5.97 Å². The topological polar surface area (TPSA) is 111 Å². The number of nitrogen functional groups attached to an aromatic ring is 1. The van der Waals surface area contributed by atoms with Gasteiger partial charge in [-0.05, 0) is 18.6 Å². The van der Waals surface area contributed by atoms with Crippen LogP contribution in [-0.2, 0) is 14.3 Å². The Labute approximate surface area is 129 Å². The summed E-state index contributed by atoms with van der Waals surface area (Å²) in [5.41, 5.74) is 6.32. The van der Waals surface area contributed by atoms with E-state index in [0.29, 0.717) is 44.2 Å². The lowest BCUT2D eigenvalue weighted by atomic mass is 10.3. The number of nitrogens with one attached hydrogen (secondary N) is 1. The summed E-state index contributed by atoms with van der Waals surface area (Å²) >= 11 is 0. The van der Waals surface area contributed by atoms with Crippen LogP contribution in [-0.4, -0.2) is 43.3 Å². The van der Waals surface area contributed by atoms with Crippen molar-refractivity contribution in [1.29, 1.82) is 0 Å². The molecule has 0 aliphatic rings. The summed E-state index contributed by atoms with van der Waals surface area (Å²) in [5, 5.41) is 11.1. The van der Waals surface area contributed by atoms with Crippen molar-refractivity contribution in [2.45, 2.75) is 19.3 Å². The van der Waals surface area contributed by atoms with Crippen molar-refractivity contribution in [1.82, 2.24) is 5.32 Å². The van der Waals surface area contributed by atoms with Gasteiger partial charge in [0.2, 0.25) is 5.91 Å². The third-order valence-electron chi connectivity index (χ3n) is 2.76. The van der Waals surface area contributed by atoms with Gasteiger partial charge in [0.05, 0.1) is 18.7 Å². The fraction of sp³-hybridized carbons (Fsp3) is 0.467. The number of amides is 1. The van der Waals surface area contributed by atoms with Crippen molar-refractivity contribution < 1.29 is 24.2 Å². The minimum atomic E-state index is -0.975. The molecule has 0 saturated heterocycles. The summed E-state index contributed by atoms with van der Waals surface area (Å²) in [4.78, 5) is 21.5. The number of carboxylic acid groups (broad SMARTS) is 1. The van der Waals surface area contributed by atoms with Crippen LogP contribution in [0.3, 0.4) is 0 Å². The number of anilines is 1. The first kappa shape index (κ1) is 17.8. The molecule has 7 heteroatoms. The number of para-hydroxylation sites is 2. The third-order valence-corrected chi connectivity index (χ3v) is 2.76. The van der Waals surface area contributed by atoms with Crippen LogP contribution in [0.25, 0.3) is 0 Å². The number of carbonyl (C=O) groups excluding carboxylic acids is 1. The molecule has 4 N–H and O–H groups in total. The van der Waals surface area contributed by atoms with Crippen LogP contribution in [0.15, 0.2) is 24.3 Å². The maximum atomic E-state index is 11.2. The van der Waals surface area contributed by atoms with E-state index < -0.39 is 5.97 Å². The van der Waals surface area contributed by atoms with Gasteiger partial charge in [-0.25, -0.2) is 0 Å². The van der Waals surface area contributed by atoms with Crippen molar-refractivity contribution >= 4 is 17.6 Å². The van der Waals surface area contributed by atoms with E-state index in [9.17, 15) is 9.59 Å². The second kappa shape index (κ2) is 10.4. The molecule has 0 spiro atoms. The number of ether oxygens (including phenoxy) is 2. The van der Waals surface area contributed by atoms with Gasteiger partial charge in [-0.15, -0.1) is 0 Å². The lowest BCUT2D eigenvalue weighted by molar-refractivity contribution is -0.138. The number of aliphatic carboxylic acids is 1. The van der Waals surface area contributed by atoms with Gasteiger partial charge in [0, 0.05) is 19.6 Å². The molecule has 0 saturated carbocycles. The summed E-state index contributed by atoms with van der Waals surface area (Å²) in [5.74, 6) is -0.598. The van der Waals surface area contributed by atoms with Crippen LogP contribution >= 0.6 is 0 Å². The second-order valence-corrected chi connectivity index (χ2v) is 4.60. The zero-order valence-corrected chi connectivity index (χ0v) is 12.4. The highest BCUT2D eigenvalue weighted by Gasteiger charge is 2.04. The molecule has 0 heterocycles. The predicted octanol–water partition coefficient (Wildman–Crippen LogP) is 1.04. The molecule has 0 aliphatic carbocycles. The molecule has 0 aliphatic heterocycles. The average molecular weight is 310 g/mol. The van der Waals surface area contributed by atoms with Crippen LogP contribution in [0.4, 0.5) is 5.69 Å². The van der Waals surface area contributed by atoms with Crippen molar-refractivity contribution in [3.8, 4) is 5.75 Å². The van der Waals surface area contributed by atoms with E-state index in [4.69, 9.17) is 20.3 Å². The molecule has 0 aromatic heterocycles. The molecule has 0 radical (unpaired) electrons. The van der Waals surface area contributed by atoms with Gasteiger partial charge in [-0.2, -0.15) is 0 Å². The van der Waals surface area contributed by atoms with Crippen LogP contribution in [0, 0.1) is 0 Å². The predicted molar refractivity (Wildman–Crippen MR) is 81.7 cm³/mol. The first-order valence-corrected chi connectivity index (χ1v) is 7.13. The Balaban J connectivity index is 1.95. The van der Waals surface area contributed by atoms with Gasteiger partial charge in [0.1, 0.15) is 12.4 Å². The fourth-order valence-corrected chi connectivity index (χ4v) is 1.64.